The molecule has 0 heterocycles. The first-order valence-corrected chi connectivity index (χ1v) is 5.57. The van der Waals surface area contributed by atoms with E-state index in [-0.39, 0.29) is 0 Å². The van der Waals surface area contributed by atoms with E-state index in [9.17, 15) is 5.11 Å². The van der Waals surface area contributed by atoms with Crippen molar-refractivity contribution in [1.82, 2.24) is 0 Å². The molecule has 4 nitrogen and oxygen atoms in total. The van der Waals surface area contributed by atoms with Gasteiger partial charge in [0, 0.05) is 5.54 Å². The minimum Gasteiger partial charge on any atom is -0.493 e. The summed E-state index contributed by atoms with van der Waals surface area (Å²) in [6, 6.07) is 3.30. The number of hydrogen-bond acceptors (Lipinski definition) is 4. The van der Waals surface area contributed by atoms with Gasteiger partial charge in [-0.25, -0.2) is 0 Å². The lowest BCUT2D eigenvalue weighted by Crippen LogP contribution is -2.39. The predicted octanol–water partition coefficient (Wildman–Crippen LogP) is 2.13. The van der Waals surface area contributed by atoms with Crippen molar-refractivity contribution in [1.29, 1.82) is 0 Å². The molecule has 3 N–H and O–H groups in total. The number of nitrogens with two attached hydrogens (primary N) is 1. The van der Waals surface area contributed by atoms with Crippen LogP contribution >= 0.6 is 11.6 Å². The van der Waals surface area contributed by atoms with Crippen LogP contribution in [-0.4, -0.2) is 24.9 Å². The van der Waals surface area contributed by atoms with Gasteiger partial charge in [0.05, 0.1) is 25.3 Å². The molecule has 1 aromatic rings. The fourth-order valence-corrected chi connectivity index (χ4v) is 1.82. The van der Waals surface area contributed by atoms with Crippen molar-refractivity contribution in [2.45, 2.75) is 25.5 Å². The number of aliphatic hydroxyl groups is 1. The van der Waals surface area contributed by atoms with Crippen molar-refractivity contribution >= 4 is 11.6 Å². The molecule has 17 heavy (non-hydrogen) atoms. The molecule has 0 fully saturated rings. The highest BCUT2D eigenvalue weighted by Crippen LogP contribution is 2.39. The monoisotopic (exact) mass is 259 g/mol. The van der Waals surface area contributed by atoms with Crippen molar-refractivity contribution in [3.8, 4) is 11.5 Å². The van der Waals surface area contributed by atoms with Crippen molar-refractivity contribution in [3.63, 3.8) is 0 Å². The highest BCUT2D eigenvalue weighted by molar-refractivity contribution is 6.32. The molecule has 0 aliphatic carbocycles. The van der Waals surface area contributed by atoms with Gasteiger partial charge in [0.25, 0.3) is 0 Å². The lowest BCUT2D eigenvalue weighted by atomic mass is 9.92. The maximum absolute atomic E-state index is 10.1. The molecule has 96 valence electrons. The lowest BCUT2D eigenvalue weighted by molar-refractivity contribution is 0.104. The van der Waals surface area contributed by atoms with Crippen LogP contribution in [0.1, 0.15) is 25.5 Å². The molecule has 0 saturated carbocycles. The zero-order chi connectivity index (χ0) is 13.2. The first kappa shape index (κ1) is 14.1. The van der Waals surface area contributed by atoms with Gasteiger partial charge in [0.15, 0.2) is 11.5 Å². The van der Waals surface area contributed by atoms with Crippen molar-refractivity contribution in [2.24, 2.45) is 5.73 Å². The Morgan fingerprint density at radius 3 is 2.29 bits per heavy atom. The van der Waals surface area contributed by atoms with E-state index in [1.54, 1.807) is 26.0 Å². The van der Waals surface area contributed by atoms with Crippen LogP contribution in [0.15, 0.2) is 12.1 Å². The second-order valence-electron chi connectivity index (χ2n) is 4.46. The highest BCUT2D eigenvalue weighted by Gasteiger charge is 2.26. The molecule has 0 bridgehead atoms. The summed E-state index contributed by atoms with van der Waals surface area (Å²) >= 11 is 6.05. The summed E-state index contributed by atoms with van der Waals surface area (Å²) in [4.78, 5) is 0. The number of hydrogen-bond donors (Lipinski definition) is 2. The molecule has 1 rings (SSSR count). The van der Waals surface area contributed by atoms with Gasteiger partial charge in [0.1, 0.15) is 0 Å². The van der Waals surface area contributed by atoms with Crippen LogP contribution in [0, 0.1) is 0 Å². The summed E-state index contributed by atoms with van der Waals surface area (Å²) in [6.45, 7) is 3.48. The number of halogens is 1. The highest BCUT2D eigenvalue weighted by atomic mass is 35.5. The molecule has 5 heteroatoms. The summed E-state index contributed by atoms with van der Waals surface area (Å²) in [5, 5.41) is 10.5. The minimum atomic E-state index is -0.834. The Morgan fingerprint density at radius 2 is 1.88 bits per heavy atom. The Bertz CT molecular complexity index is 401. The molecular formula is C12H18ClNO3. The number of rotatable bonds is 4. The molecule has 1 atom stereocenters. The van der Waals surface area contributed by atoms with Crippen molar-refractivity contribution < 1.29 is 14.6 Å². The van der Waals surface area contributed by atoms with Gasteiger partial charge in [0.2, 0.25) is 0 Å². The molecular weight excluding hydrogens is 242 g/mol. The van der Waals surface area contributed by atoms with E-state index in [0.29, 0.717) is 22.1 Å². The van der Waals surface area contributed by atoms with Gasteiger partial charge in [-0.2, -0.15) is 0 Å². The number of benzene rings is 1. The van der Waals surface area contributed by atoms with Gasteiger partial charge >= 0.3 is 0 Å². The Kier molecular flexibility index (Phi) is 4.25. The quantitative estimate of drug-likeness (QED) is 0.869. The normalized spacial score (nSPS) is 13.4. The fourth-order valence-electron chi connectivity index (χ4n) is 1.53. The van der Waals surface area contributed by atoms with Gasteiger partial charge in [-0.15, -0.1) is 0 Å². The second kappa shape index (κ2) is 5.12. The molecule has 0 spiro atoms. The average Bonchev–Trinajstić information content (AvgIpc) is 2.25. The number of methoxy groups -OCH3 is 2. The molecule has 0 saturated heterocycles. The molecule has 1 aromatic carbocycles. The van der Waals surface area contributed by atoms with E-state index < -0.39 is 11.6 Å². The van der Waals surface area contributed by atoms with Gasteiger partial charge in [-0.3, -0.25) is 0 Å². The fraction of sp³-hybridized carbons (Fsp3) is 0.500. The van der Waals surface area contributed by atoms with Crippen LogP contribution in [0.25, 0.3) is 0 Å². The minimum absolute atomic E-state index is 0.380. The topological polar surface area (TPSA) is 64.7 Å². The van der Waals surface area contributed by atoms with Crippen molar-refractivity contribution in [3.05, 3.63) is 22.7 Å². The maximum Gasteiger partial charge on any atom is 0.179 e. The third kappa shape index (κ3) is 3.03. The molecule has 0 aliphatic heterocycles. The van der Waals surface area contributed by atoms with Gasteiger partial charge < -0.3 is 20.3 Å². The van der Waals surface area contributed by atoms with E-state index in [0.717, 1.165) is 0 Å². The van der Waals surface area contributed by atoms with Crippen LogP contribution < -0.4 is 15.2 Å². The summed E-state index contributed by atoms with van der Waals surface area (Å²) in [7, 11) is 3.02. The largest absolute Gasteiger partial charge is 0.493 e. The summed E-state index contributed by atoms with van der Waals surface area (Å²) in [5.41, 5.74) is 5.69. The molecule has 0 amide bonds. The van der Waals surface area contributed by atoms with Crippen molar-refractivity contribution in [2.75, 3.05) is 14.2 Å². The predicted molar refractivity (Wildman–Crippen MR) is 67.8 cm³/mol. The number of aliphatic hydroxyl groups excluding tert-OH is 1. The smallest absolute Gasteiger partial charge is 0.179 e. The molecule has 0 radical (unpaired) electrons. The van der Waals surface area contributed by atoms with E-state index in [2.05, 4.69) is 0 Å². The molecule has 0 aliphatic rings. The summed E-state index contributed by atoms with van der Waals surface area (Å²) < 4.78 is 10.3. The van der Waals surface area contributed by atoms with Gasteiger partial charge in [-0.1, -0.05) is 11.6 Å². The zero-order valence-electron chi connectivity index (χ0n) is 10.5. The zero-order valence-corrected chi connectivity index (χ0v) is 11.2. The van der Waals surface area contributed by atoms with E-state index in [4.69, 9.17) is 26.8 Å². The van der Waals surface area contributed by atoms with E-state index >= 15 is 0 Å². The maximum atomic E-state index is 10.1. The Morgan fingerprint density at radius 1 is 1.29 bits per heavy atom. The van der Waals surface area contributed by atoms with Gasteiger partial charge in [-0.05, 0) is 31.5 Å². The number of ether oxygens (including phenoxy) is 2. The standard InChI is InChI=1S/C12H18ClNO3/c1-12(2,14)11(15)7-5-8(13)10(17-4)9(6-7)16-3/h5-6,11,15H,14H2,1-4H3. The molecule has 1 unspecified atom stereocenters. The Hall–Kier alpha value is -0.970. The molecule has 0 aromatic heterocycles. The van der Waals surface area contributed by atoms with Crippen LogP contribution in [0.4, 0.5) is 0 Å². The summed E-state index contributed by atoms with van der Waals surface area (Å²) in [6.07, 6.45) is -0.834. The first-order chi connectivity index (χ1) is 7.81. The average molecular weight is 260 g/mol. The van der Waals surface area contributed by atoms with Crippen LogP contribution in [-0.2, 0) is 0 Å². The first-order valence-electron chi connectivity index (χ1n) is 5.19. The Balaban J connectivity index is 3.25. The van der Waals surface area contributed by atoms with E-state index in [1.807, 2.05) is 0 Å². The van der Waals surface area contributed by atoms with Crippen LogP contribution in [0.3, 0.4) is 0 Å². The van der Waals surface area contributed by atoms with Crippen LogP contribution in [0.5, 0.6) is 11.5 Å². The third-order valence-electron chi connectivity index (χ3n) is 2.48. The third-order valence-corrected chi connectivity index (χ3v) is 2.76. The lowest BCUT2D eigenvalue weighted by Gasteiger charge is -2.26. The van der Waals surface area contributed by atoms with Crippen LogP contribution in [0.2, 0.25) is 5.02 Å². The SMILES string of the molecule is COc1cc(C(O)C(C)(C)N)cc(Cl)c1OC. The summed E-state index contributed by atoms with van der Waals surface area (Å²) in [5.74, 6) is 0.915. The Labute approximate surface area is 106 Å². The second-order valence-corrected chi connectivity index (χ2v) is 4.87. The van der Waals surface area contributed by atoms with E-state index in [1.165, 1.54) is 14.2 Å².